The predicted molar refractivity (Wildman–Crippen MR) is 103 cm³/mol. The molecular weight excluding hydrogens is 369 g/mol. The first-order valence-corrected chi connectivity index (χ1v) is 9.20. The molecule has 2 rings (SSSR count). The molecule has 27 heavy (non-hydrogen) atoms. The quantitative estimate of drug-likeness (QED) is 0.695. The number of carbonyl (C=O) groups is 2. The lowest BCUT2D eigenvalue weighted by molar-refractivity contribution is -0.125. The number of hydrogen-bond donors (Lipinski definition) is 1. The highest BCUT2D eigenvalue weighted by molar-refractivity contribution is 6.33. The maximum absolute atomic E-state index is 13.7. The van der Waals surface area contributed by atoms with Gasteiger partial charge in [-0.3, -0.25) is 4.79 Å². The maximum atomic E-state index is 13.7. The molecule has 0 aliphatic heterocycles. The van der Waals surface area contributed by atoms with Gasteiger partial charge in [0.05, 0.1) is 11.1 Å². The molecule has 4 nitrogen and oxygen atoms in total. The van der Waals surface area contributed by atoms with Gasteiger partial charge in [-0.25, -0.2) is 9.18 Å². The Kier molecular flexibility index (Phi) is 7.36. The van der Waals surface area contributed by atoms with E-state index in [0.29, 0.717) is 0 Å². The summed E-state index contributed by atoms with van der Waals surface area (Å²) < 4.78 is 18.7. The summed E-state index contributed by atoms with van der Waals surface area (Å²) in [5, 5.41) is 2.80. The number of ether oxygens (including phenoxy) is 1. The van der Waals surface area contributed by atoms with E-state index in [4.69, 9.17) is 16.3 Å². The molecular formula is C21H23ClFNO3. The standard InChI is InChI=1S/C21H23ClFNO3/c1-4-14-8-10-15(11-9-14)20(13(2)3)24-18(25)12-27-21(26)19-16(22)6-5-7-17(19)23/h5-11,13,20H,4,12H2,1-3H3,(H,24,25)/t20-/m0/s1. The second-order valence-electron chi connectivity index (χ2n) is 6.56. The largest absolute Gasteiger partial charge is 0.452 e. The molecule has 0 saturated carbocycles. The Morgan fingerprint density at radius 3 is 2.37 bits per heavy atom. The molecule has 0 spiro atoms. The second kappa shape index (κ2) is 9.51. The molecule has 0 fully saturated rings. The minimum atomic E-state index is -0.971. The lowest BCUT2D eigenvalue weighted by atomic mass is 9.95. The third-order valence-electron chi connectivity index (χ3n) is 4.23. The van der Waals surface area contributed by atoms with Crippen molar-refractivity contribution in [2.45, 2.75) is 33.2 Å². The Bertz CT molecular complexity index is 785. The summed E-state index contributed by atoms with van der Waals surface area (Å²) in [5.74, 6) is -2.09. The molecule has 0 aromatic heterocycles. The van der Waals surface area contributed by atoms with Crippen molar-refractivity contribution in [3.05, 3.63) is 70.0 Å². The molecule has 144 valence electrons. The summed E-state index contributed by atoms with van der Waals surface area (Å²) in [7, 11) is 0. The van der Waals surface area contributed by atoms with Gasteiger partial charge >= 0.3 is 5.97 Å². The Labute approximate surface area is 163 Å². The Morgan fingerprint density at radius 1 is 1.15 bits per heavy atom. The zero-order valence-corrected chi connectivity index (χ0v) is 16.3. The number of hydrogen-bond acceptors (Lipinski definition) is 3. The summed E-state index contributed by atoms with van der Waals surface area (Å²) in [6.07, 6.45) is 0.938. The molecule has 0 unspecified atom stereocenters. The predicted octanol–water partition coefficient (Wildman–Crippen LogP) is 4.71. The minimum Gasteiger partial charge on any atom is -0.452 e. The van der Waals surface area contributed by atoms with Crippen molar-refractivity contribution in [3.8, 4) is 0 Å². The second-order valence-corrected chi connectivity index (χ2v) is 6.96. The molecule has 0 heterocycles. The monoisotopic (exact) mass is 391 g/mol. The van der Waals surface area contributed by atoms with Gasteiger partial charge in [0, 0.05) is 0 Å². The van der Waals surface area contributed by atoms with E-state index in [2.05, 4.69) is 12.2 Å². The van der Waals surface area contributed by atoms with E-state index in [1.807, 2.05) is 38.1 Å². The van der Waals surface area contributed by atoms with Gasteiger partial charge in [0.15, 0.2) is 6.61 Å². The molecule has 2 aromatic rings. The van der Waals surface area contributed by atoms with Gasteiger partial charge in [0.1, 0.15) is 11.4 Å². The van der Waals surface area contributed by atoms with Crippen LogP contribution in [0.3, 0.4) is 0 Å². The molecule has 0 saturated heterocycles. The van der Waals surface area contributed by atoms with E-state index >= 15 is 0 Å². The summed E-state index contributed by atoms with van der Waals surface area (Å²) in [5.41, 5.74) is 1.81. The van der Waals surface area contributed by atoms with Crippen LogP contribution in [0.2, 0.25) is 5.02 Å². The number of amides is 1. The van der Waals surface area contributed by atoms with Crippen LogP contribution in [0.5, 0.6) is 0 Å². The summed E-state index contributed by atoms with van der Waals surface area (Å²) in [6, 6.07) is 11.7. The number of halogens is 2. The molecule has 0 radical (unpaired) electrons. The van der Waals surface area contributed by atoms with Crippen molar-refractivity contribution >= 4 is 23.5 Å². The van der Waals surface area contributed by atoms with Crippen LogP contribution in [0.15, 0.2) is 42.5 Å². The van der Waals surface area contributed by atoms with E-state index < -0.39 is 24.3 Å². The van der Waals surface area contributed by atoms with Crippen molar-refractivity contribution in [3.63, 3.8) is 0 Å². The van der Waals surface area contributed by atoms with Crippen LogP contribution in [-0.4, -0.2) is 18.5 Å². The van der Waals surface area contributed by atoms with Crippen molar-refractivity contribution in [1.29, 1.82) is 0 Å². The van der Waals surface area contributed by atoms with Gasteiger partial charge in [-0.1, -0.05) is 62.7 Å². The number of rotatable bonds is 7. The van der Waals surface area contributed by atoms with Crippen LogP contribution in [0.1, 0.15) is 48.3 Å². The average Bonchev–Trinajstić information content (AvgIpc) is 2.64. The number of aryl methyl sites for hydroxylation is 1. The third-order valence-corrected chi connectivity index (χ3v) is 4.55. The molecule has 0 aliphatic carbocycles. The SMILES string of the molecule is CCc1ccc([C@@H](NC(=O)COC(=O)c2c(F)cccc2Cl)C(C)C)cc1. The normalized spacial score (nSPS) is 11.9. The van der Waals surface area contributed by atoms with E-state index in [1.54, 1.807) is 0 Å². The summed E-state index contributed by atoms with van der Waals surface area (Å²) in [6.45, 7) is 5.54. The lowest BCUT2D eigenvalue weighted by Gasteiger charge is -2.23. The minimum absolute atomic E-state index is 0.0588. The summed E-state index contributed by atoms with van der Waals surface area (Å²) in [4.78, 5) is 24.3. The molecule has 6 heteroatoms. The first-order chi connectivity index (χ1) is 12.8. The zero-order valence-electron chi connectivity index (χ0n) is 15.6. The average molecular weight is 392 g/mol. The summed E-state index contributed by atoms with van der Waals surface area (Å²) >= 11 is 5.83. The van der Waals surface area contributed by atoms with Crippen LogP contribution < -0.4 is 5.32 Å². The van der Waals surface area contributed by atoms with Gasteiger partial charge in [-0.15, -0.1) is 0 Å². The van der Waals surface area contributed by atoms with Gasteiger partial charge in [-0.05, 0) is 35.6 Å². The highest BCUT2D eigenvalue weighted by Crippen LogP contribution is 2.23. The highest BCUT2D eigenvalue weighted by Gasteiger charge is 2.21. The lowest BCUT2D eigenvalue weighted by Crippen LogP contribution is -2.35. The first-order valence-electron chi connectivity index (χ1n) is 8.82. The van der Waals surface area contributed by atoms with Crippen LogP contribution in [0.25, 0.3) is 0 Å². The number of nitrogens with one attached hydrogen (secondary N) is 1. The van der Waals surface area contributed by atoms with Gasteiger partial charge in [0.25, 0.3) is 5.91 Å². The highest BCUT2D eigenvalue weighted by atomic mass is 35.5. The molecule has 0 bridgehead atoms. The molecule has 1 atom stereocenters. The Morgan fingerprint density at radius 2 is 1.81 bits per heavy atom. The fourth-order valence-corrected chi connectivity index (χ4v) is 2.95. The Hall–Kier alpha value is -2.40. The Balaban J connectivity index is 2.00. The van der Waals surface area contributed by atoms with E-state index in [-0.39, 0.29) is 22.5 Å². The van der Waals surface area contributed by atoms with Crippen molar-refractivity contribution < 1.29 is 18.7 Å². The number of benzene rings is 2. The van der Waals surface area contributed by atoms with Crippen LogP contribution in [0, 0.1) is 11.7 Å². The van der Waals surface area contributed by atoms with Crippen LogP contribution >= 0.6 is 11.6 Å². The number of carbonyl (C=O) groups excluding carboxylic acids is 2. The molecule has 1 amide bonds. The van der Waals surface area contributed by atoms with E-state index in [0.717, 1.165) is 18.1 Å². The molecule has 1 N–H and O–H groups in total. The fraction of sp³-hybridized carbons (Fsp3) is 0.333. The smallest absolute Gasteiger partial charge is 0.343 e. The first kappa shape index (κ1) is 20.9. The van der Waals surface area contributed by atoms with Crippen LogP contribution in [-0.2, 0) is 16.0 Å². The van der Waals surface area contributed by atoms with E-state index in [1.165, 1.54) is 17.7 Å². The molecule has 2 aromatic carbocycles. The van der Waals surface area contributed by atoms with Crippen LogP contribution in [0.4, 0.5) is 4.39 Å². The van der Waals surface area contributed by atoms with Crippen molar-refractivity contribution in [1.82, 2.24) is 5.32 Å². The van der Waals surface area contributed by atoms with Gasteiger partial charge in [-0.2, -0.15) is 0 Å². The van der Waals surface area contributed by atoms with E-state index in [9.17, 15) is 14.0 Å². The third kappa shape index (κ3) is 5.54. The fourth-order valence-electron chi connectivity index (χ4n) is 2.71. The number of esters is 1. The van der Waals surface area contributed by atoms with Gasteiger partial charge in [0.2, 0.25) is 0 Å². The van der Waals surface area contributed by atoms with Crippen molar-refractivity contribution in [2.75, 3.05) is 6.61 Å². The van der Waals surface area contributed by atoms with Crippen molar-refractivity contribution in [2.24, 2.45) is 5.92 Å². The van der Waals surface area contributed by atoms with Gasteiger partial charge < -0.3 is 10.1 Å². The molecule has 0 aliphatic rings. The zero-order chi connectivity index (χ0) is 20.0. The maximum Gasteiger partial charge on any atom is 0.343 e. The topological polar surface area (TPSA) is 55.4 Å².